The number of benzene rings is 1. The highest BCUT2D eigenvalue weighted by molar-refractivity contribution is 6.31. The topological polar surface area (TPSA) is 92.4 Å². The fourth-order valence-electron chi connectivity index (χ4n) is 2.23. The first-order valence-electron chi connectivity index (χ1n) is 7.16. The molecule has 1 aromatic carbocycles. The summed E-state index contributed by atoms with van der Waals surface area (Å²) in [7, 11) is 0. The van der Waals surface area contributed by atoms with Crippen LogP contribution in [-0.2, 0) is 0 Å². The molecule has 1 N–H and O–H groups in total. The zero-order valence-electron chi connectivity index (χ0n) is 13.2. The number of allylic oxidation sites excluding steroid dienone is 3. The van der Waals surface area contributed by atoms with Crippen molar-refractivity contribution in [3.8, 4) is 12.1 Å². The first-order valence-corrected chi connectivity index (χ1v) is 7.53. The van der Waals surface area contributed by atoms with E-state index in [2.05, 4.69) is 0 Å². The second kappa shape index (κ2) is 7.86. The molecule has 25 heavy (non-hydrogen) atoms. The van der Waals surface area contributed by atoms with Crippen LogP contribution in [0.3, 0.4) is 0 Å². The van der Waals surface area contributed by atoms with Crippen molar-refractivity contribution in [1.29, 1.82) is 15.9 Å². The third-order valence-electron chi connectivity index (χ3n) is 3.46. The van der Waals surface area contributed by atoms with Gasteiger partial charge in [0.05, 0.1) is 0 Å². The molecule has 2 aromatic rings. The summed E-state index contributed by atoms with van der Waals surface area (Å²) in [5, 5.41) is 26.4. The molecule has 0 saturated heterocycles. The van der Waals surface area contributed by atoms with Crippen LogP contribution in [0.2, 0.25) is 5.02 Å². The highest BCUT2D eigenvalue weighted by Gasteiger charge is 2.30. The lowest BCUT2D eigenvalue weighted by Crippen LogP contribution is -2.40. The van der Waals surface area contributed by atoms with Gasteiger partial charge in [0.25, 0.3) is 11.5 Å². The number of rotatable bonds is 4. The maximum Gasteiger partial charge on any atom is 0.279 e. The van der Waals surface area contributed by atoms with E-state index >= 15 is 0 Å². The van der Waals surface area contributed by atoms with E-state index in [-0.39, 0.29) is 16.8 Å². The Morgan fingerprint density at radius 2 is 1.80 bits per heavy atom. The molecule has 0 aliphatic carbocycles. The van der Waals surface area contributed by atoms with Gasteiger partial charge in [0.1, 0.15) is 17.7 Å². The molecule has 0 saturated carbocycles. The van der Waals surface area contributed by atoms with Gasteiger partial charge in [-0.1, -0.05) is 17.7 Å². The van der Waals surface area contributed by atoms with Gasteiger partial charge in [0.2, 0.25) is 0 Å². The van der Waals surface area contributed by atoms with E-state index in [9.17, 15) is 15.3 Å². The number of pyridine rings is 1. The van der Waals surface area contributed by atoms with Crippen LogP contribution in [0.5, 0.6) is 0 Å². The molecule has 0 aliphatic heterocycles. The standard InChI is InChI=1S/C19H12ClN4O/c1-13-4-2-3-9-24(13)18(17(12-23)15(10-21)11-22)19(25)14-5-7-16(20)8-6-14/h2-9,21H,1H3/q+1. The van der Waals surface area contributed by atoms with Crippen LogP contribution >= 0.6 is 11.6 Å². The van der Waals surface area contributed by atoms with Crippen LogP contribution in [0.1, 0.15) is 16.1 Å². The first kappa shape index (κ1) is 17.8. The fourth-order valence-corrected chi connectivity index (χ4v) is 2.36. The lowest BCUT2D eigenvalue weighted by atomic mass is 10.00. The molecule has 1 aromatic heterocycles. The SMILES string of the molecule is Cc1cccc[n+]1C(C(=O)c1ccc(Cl)cc1)=C(C#N)C(=C=N)C#N. The van der Waals surface area contributed by atoms with Gasteiger partial charge in [-0.25, -0.2) is 0 Å². The Bertz CT molecular complexity index is 1000. The predicted octanol–water partition coefficient (Wildman–Crippen LogP) is 3.25. The Morgan fingerprint density at radius 3 is 2.32 bits per heavy atom. The number of hydrogen-bond acceptors (Lipinski definition) is 4. The summed E-state index contributed by atoms with van der Waals surface area (Å²) in [5.41, 5.74) is 0.464. The van der Waals surface area contributed by atoms with Crippen LogP contribution < -0.4 is 4.57 Å². The number of hydrogen-bond donors (Lipinski definition) is 1. The average Bonchev–Trinajstić information content (AvgIpc) is 2.63. The van der Waals surface area contributed by atoms with Crippen molar-refractivity contribution in [2.45, 2.75) is 6.92 Å². The number of halogens is 1. The van der Waals surface area contributed by atoms with Crippen LogP contribution in [0.15, 0.2) is 59.8 Å². The number of carbonyl (C=O) groups excluding carboxylic acids is 1. The third-order valence-corrected chi connectivity index (χ3v) is 3.71. The van der Waals surface area contributed by atoms with Gasteiger partial charge < -0.3 is 0 Å². The minimum atomic E-state index is -0.462. The van der Waals surface area contributed by atoms with Crippen molar-refractivity contribution in [3.05, 3.63) is 76.1 Å². The molecular weight excluding hydrogens is 336 g/mol. The molecule has 0 fully saturated rings. The third kappa shape index (κ3) is 3.71. The fraction of sp³-hybridized carbons (Fsp3) is 0.0526. The number of nitrogens with zero attached hydrogens (tertiary/aromatic N) is 3. The maximum absolute atomic E-state index is 13.1. The second-order valence-corrected chi connectivity index (χ2v) is 5.43. The van der Waals surface area contributed by atoms with Gasteiger partial charge in [0.15, 0.2) is 17.5 Å². The number of Topliss-reactive ketones (excluding diaryl/α,β-unsaturated/α-hetero) is 1. The van der Waals surface area contributed by atoms with E-state index < -0.39 is 5.78 Å². The minimum absolute atomic E-state index is 0.0146. The summed E-state index contributed by atoms with van der Waals surface area (Å²) in [6, 6.07) is 15.1. The van der Waals surface area contributed by atoms with Gasteiger partial charge in [-0.3, -0.25) is 10.2 Å². The molecule has 2 rings (SSSR count). The van der Waals surface area contributed by atoms with E-state index in [4.69, 9.17) is 17.0 Å². The number of ketones is 1. The molecule has 0 spiro atoms. The molecule has 0 unspecified atom stereocenters. The van der Waals surface area contributed by atoms with Crippen LogP contribution in [0.4, 0.5) is 0 Å². The van der Waals surface area contributed by atoms with Crippen molar-refractivity contribution in [3.63, 3.8) is 0 Å². The number of aromatic nitrogens is 1. The Hall–Kier alpha value is -3.50. The van der Waals surface area contributed by atoms with E-state index in [1.54, 1.807) is 61.7 Å². The molecule has 6 heteroatoms. The first-order chi connectivity index (χ1) is 12.0. The average molecular weight is 348 g/mol. The van der Waals surface area contributed by atoms with E-state index in [0.717, 1.165) is 0 Å². The maximum atomic E-state index is 13.1. The summed E-state index contributed by atoms with van der Waals surface area (Å²) < 4.78 is 1.52. The zero-order chi connectivity index (χ0) is 18.4. The number of nitriles is 2. The highest BCUT2D eigenvalue weighted by atomic mass is 35.5. The van der Waals surface area contributed by atoms with Crippen LogP contribution in [-0.4, -0.2) is 11.7 Å². The highest BCUT2D eigenvalue weighted by Crippen LogP contribution is 2.19. The molecule has 0 aliphatic rings. The summed E-state index contributed by atoms with van der Waals surface area (Å²) in [6.45, 7) is 1.77. The minimum Gasteiger partial charge on any atom is -0.282 e. The number of nitrogens with one attached hydrogen (secondary N) is 1. The molecule has 0 radical (unpaired) electrons. The van der Waals surface area contributed by atoms with Crippen molar-refractivity contribution >= 4 is 29.0 Å². The normalized spacial score (nSPS) is 10.7. The van der Waals surface area contributed by atoms with Gasteiger partial charge >= 0.3 is 0 Å². The molecule has 0 atom stereocenters. The molecule has 5 nitrogen and oxygen atoms in total. The molecular formula is C19H12ClN4O+. The Balaban J connectivity index is 2.83. The summed E-state index contributed by atoms with van der Waals surface area (Å²) in [4.78, 5) is 13.1. The van der Waals surface area contributed by atoms with Gasteiger partial charge in [-0.05, 0) is 30.1 Å². The van der Waals surface area contributed by atoms with Crippen molar-refractivity contribution < 1.29 is 9.36 Å². The monoisotopic (exact) mass is 347 g/mol. The van der Waals surface area contributed by atoms with E-state index in [1.165, 1.54) is 4.57 Å². The summed E-state index contributed by atoms with van der Waals surface area (Å²) in [6.07, 6.45) is 1.62. The van der Waals surface area contributed by atoms with Crippen LogP contribution in [0, 0.1) is 35.0 Å². The summed E-state index contributed by atoms with van der Waals surface area (Å²) in [5.74, 6) is 1.46. The quantitative estimate of drug-likeness (QED) is 0.230. The van der Waals surface area contributed by atoms with E-state index in [0.29, 0.717) is 16.3 Å². The predicted molar refractivity (Wildman–Crippen MR) is 92.8 cm³/mol. The number of carbonyl (C=O) groups is 1. The lowest BCUT2D eigenvalue weighted by Gasteiger charge is -2.06. The van der Waals surface area contributed by atoms with Crippen molar-refractivity contribution in [2.75, 3.05) is 0 Å². The smallest absolute Gasteiger partial charge is 0.279 e. The Kier molecular flexibility index (Phi) is 5.61. The van der Waals surface area contributed by atoms with Crippen molar-refractivity contribution in [1.82, 2.24) is 0 Å². The molecule has 0 amide bonds. The van der Waals surface area contributed by atoms with Gasteiger partial charge in [-0.15, -0.1) is 0 Å². The van der Waals surface area contributed by atoms with Crippen molar-refractivity contribution in [2.24, 2.45) is 0 Å². The molecule has 1 heterocycles. The Morgan fingerprint density at radius 1 is 1.12 bits per heavy atom. The lowest BCUT2D eigenvalue weighted by molar-refractivity contribution is -0.584. The molecule has 120 valence electrons. The van der Waals surface area contributed by atoms with Gasteiger partial charge in [0, 0.05) is 29.6 Å². The van der Waals surface area contributed by atoms with Gasteiger partial charge in [-0.2, -0.15) is 15.1 Å². The second-order valence-electron chi connectivity index (χ2n) is 5.00. The largest absolute Gasteiger partial charge is 0.282 e. The zero-order valence-corrected chi connectivity index (χ0v) is 14.0. The number of aryl methyl sites for hydroxylation is 1. The van der Waals surface area contributed by atoms with E-state index in [1.807, 2.05) is 11.9 Å². The summed E-state index contributed by atoms with van der Waals surface area (Å²) >= 11 is 5.86. The molecule has 0 bridgehead atoms. The van der Waals surface area contributed by atoms with Crippen LogP contribution in [0.25, 0.3) is 5.70 Å². The Labute approximate surface area is 149 Å².